The van der Waals surface area contributed by atoms with Crippen molar-refractivity contribution >= 4 is 0 Å². The monoisotopic (exact) mass is 138 g/mol. The third-order valence-electron chi connectivity index (χ3n) is 2.27. The van der Waals surface area contributed by atoms with Gasteiger partial charge < -0.3 is 0 Å². The second-order valence-corrected chi connectivity index (χ2v) is 3.51. The molecule has 0 N–H and O–H groups in total. The number of hydrogen-bond acceptors (Lipinski definition) is 0. The van der Waals surface area contributed by atoms with Gasteiger partial charge in [-0.1, -0.05) is 31.9 Å². The van der Waals surface area contributed by atoms with Crippen molar-refractivity contribution in [3.63, 3.8) is 0 Å². The van der Waals surface area contributed by atoms with Gasteiger partial charge in [0.05, 0.1) is 0 Å². The predicted octanol–water partition coefficient (Wildman–Crippen LogP) is 3.53. The first-order valence-corrected chi connectivity index (χ1v) is 4.50. The number of unbranched alkanes of at least 4 members (excludes halogenated alkanes) is 1. The Morgan fingerprint density at radius 2 is 2.40 bits per heavy atom. The molecule has 1 atom stereocenters. The predicted molar refractivity (Wildman–Crippen MR) is 46.0 cm³/mol. The highest BCUT2D eigenvalue weighted by Crippen LogP contribution is 2.27. The maximum Gasteiger partial charge on any atom is -0.0291 e. The Hall–Kier alpha value is -0.260. The van der Waals surface area contributed by atoms with Gasteiger partial charge in [-0.05, 0) is 31.6 Å². The van der Waals surface area contributed by atoms with E-state index in [1.165, 1.54) is 32.1 Å². The lowest BCUT2D eigenvalue weighted by molar-refractivity contribution is 0.613. The molecule has 0 heterocycles. The molecule has 58 valence electrons. The van der Waals surface area contributed by atoms with Gasteiger partial charge in [-0.15, -0.1) is 0 Å². The third-order valence-corrected chi connectivity index (χ3v) is 2.27. The fraction of sp³-hybridized carbons (Fsp3) is 0.800. The van der Waals surface area contributed by atoms with Crippen LogP contribution >= 0.6 is 0 Å². The van der Waals surface area contributed by atoms with Crippen molar-refractivity contribution in [2.24, 2.45) is 5.92 Å². The molecule has 0 nitrogen and oxygen atoms in total. The minimum atomic E-state index is 0.937. The maximum absolute atomic E-state index is 2.44. The van der Waals surface area contributed by atoms with Crippen LogP contribution < -0.4 is 0 Å². The van der Waals surface area contributed by atoms with Gasteiger partial charge in [0, 0.05) is 0 Å². The van der Waals surface area contributed by atoms with E-state index in [1.807, 2.05) is 0 Å². The Kier molecular flexibility index (Phi) is 2.98. The molecule has 0 bridgehead atoms. The molecule has 0 fully saturated rings. The Bertz CT molecular complexity index is 122. The summed E-state index contributed by atoms with van der Waals surface area (Å²) in [6.07, 6.45) is 9.24. The molecule has 0 radical (unpaired) electrons. The molecular weight excluding hydrogens is 120 g/mol. The molecule has 0 heteroatoms. The summed E-state index contributed by atoms with van der Waals surface area (Å²) in [5.41, 5.74) is 1.72. The molecule has 1 unspecified atom stereocenters. The average Bonchev–Trinajstić information content (AvgIpc) is 2.31. The Morgan fingerprint density at radius 3 is 2.90 bits per heavy atom. The number of rotatable bonds is 3. The quantitative estimate of drug-likeness (QED) is 0.523. The van der Waals surface area contributed by atoms with Crippen LogP contribution in [0.1, 0.15) is 46.0 Å². The van der Waals surface area contributed by atoms with E-state index in [1.54, 1.807) is 5.57 Å². The normalized spacial score (nSPS) is 25.0. The molecule has 0 saturated heterocycles. The Morgan fingerprint density at radius 1 is 1.60 bits per heavy atom. The summed E-state index contributed by atoms with van der Waals surface area (Å²) in [5, 5.41) is 0. The number of allylic oxidation sites excluding steroid dienone is 2. The minimum absolute atomic E-state index is 0.937. The molecule has 0 aromatic heterocycles. The fourth-order valence-corrected chi connectivity index (χ4v) is 1.59. The SMILES string of the molecule is CCCCC1=CCC(C)C1. The van der Waals surface area contributed by atoms with Crippen LogP contribution in [0.2, 0.25) is 0 Å². The van der Waals surface area contributed by atoms with Gasteiger partial charge in [-0.3, -0.25) is 0 Å². The standard InChI is InChI=1S/C10H18/c1-3-4-5-10-7-6-9(2)8-10/h7,9H,3-6,8H2,1-2H3. The van der Waals surface area contributed by atoms with Gasteiger partial charge in [0.2, 0.25) is 0 Å². The van der Waals surface area contributed by atoms with E-state index in [-0.39, 0.29) is 0 Å². The third kappa shape index (κ3) is 2.17. The minimum Gasteiger partial charge on any atom is -0.0850 e. The lowest BCUT2D eigenvalue weighted by Gasteiger charge is -2.01. The first-order valence-electron chi connectivity index (χ1n) is 4.50. The first-order chi connectivity index (χ1) is 4.83. The van der Waals surface area contributed by atoms with Crippen LogP contribution in [0, 0.1) is 5.92 Å². The van der Waals surface area contributed by atoms with Gasteiger partial charge in [0.25, 0.3) is 0 Å². The summed E-state index contributed by atoms with van der Waals surface area (Å²) in [6, 6.07) is 0. The molecule has 0 spiro atoms. The van der Waals surface area contributed by atoms with Crippen molar-refractivity contribution < 1.29 is 0 Å². The summed E-state index contributed by atoms with van der Waals surface area (Å²) < 4.78 is 0. The number of hydrogen-bond donors (Lipinski definition) is 0. The van der Waals surface area contributed by atoms with Crippen molar-refractivity contribution in [2.45, 2.75) is 46.0 Å². The van der Waals surface area contributed by atoms with Crippen LogP contribution in [0.25, 0.3) is 0 Å². The van der Waals surface area contributed by atoms with E-state index in [4.69, 9.17) is 0 Å². The lowest BCUT2D eigenvalue weighted by Crippen LogP contribution is -1.85. The van der Waals surface area contributed by atoms with Crippen LogP contribution in [0.5, 0.6) is 0 Å². The van der Waals surface area contributed by atoms with Crippen LogP contribution in [0.4, 0.5) is 0 Å². The molecule has 1 aliphatic rings. The van der Waals surface area contributed by atoms with E-state index in [2.05, 4.69) is 19.9 Å². The highest BCUT2D eigenvalue weighted by molar-refractivity contribution is 5.09. The smallest absolute Gasteiger partial charge is 0.0291 e. The first kappa shape index (κ1) is 7.84. The van der Waals surface area contributed by atoms with Crippen molar-refractivity contribution in [2.75, 3.05) is 0 Å². The van der Waals surface area contributed by atoms with E-state index < -0.39 is 0 Å². The summed E-state index contributed by atoms with van der Waals surface area (Å²) >= 11 is 0. The average molecular weight is 138 g/mol. The summed E-state index contributed by atoms with van der Waals surface area (Å²) in [4.78, 5) is 0. The molecule has 1 rings (SSSR count). The zero-order chi connectivity index (χ0) is 7.40. The second kappa shape index (κ2) is 3.80. The van der Waals surface area contributed by atoms with Crippen LogP contribution in [-0.2, 0) is 0 Å². The molecule has 1 aliphatic carbocycles. The highest BCUT2D eigenvalue weighted by Gasteiger charge is 2.10. The topological polar surface area (TPSA) is 0 Å². The van der Waals surface area contributed by atoms with E-state index in [0.29, 0.717) is 0 Å². The van der Waals surface area contributed by atoms with E-state index in [9.17, 15) is 0 Å². The van der Waals surface area contributed by atoms with Crippen molar-refractivity contribution in [1.29, 1.82) is 0 Å². The molecule has 10 heavy (non-hydrogen) atoms. The van der Waals surface area contributed by atoms with E-state index in [0.717, 1.165) is 5.92 Å². The van der Waals surface area contributed by atoms with Gasteiger partial charge in [0.15, 0.2) is 0 Å². The molecule has 0 saturated carbocycles. The molecular formula is C10H18. The summed E-state index contributed by atoms with van der Waals surface area (Å²) in [6.45, 7) is 4.61. The van der Waals surface area contributed by atoms with Gasteiger partial charge >= 0.3 is 0 Å². The maximum atomic E-state index is 2.44. The van der Waals surface area contributed by atoms with Crippen molar-refractivity contribution in [3.8, 4) is 0 Å². The lowest BCUT2D eigenvalue weighted by atomic mass is 10.0. The zero-order valence-corrected chi connectivity index (χ0v) is 7.19. The Balaban J connectivity index is 2.17. The summed E-state index contributed by atoms with van der Waals surface area (Å²) in [5.74, 6) is 0.937. The Labute approximate surface area is 64.3 Å². The molecule has 0 aromatic rings. The van der Waals surface area contributed by atoms with Crippen LogP contribution in [-0.4, -0.2) is 0 Å². The van der Waals surface area contributed by atoms with Crippen molar-refractivity contribution in [3.05, 3.63) is 11.6 Å². The zero-order valence-electron chi connectivity index (χ0n) is 7.19. The molecule has 0 aliphatic heterocycles. The fourth-order valence-electron chi connectivity index (χ4n) is 1.59. The van der Waals surface area contributed by atoms with Gasteiger partial charge in [-0.25, -0.2) is 0 Å². The molecule has 0 aromatic carbocycles. The van der Waals surface area contributed by atoms with Crippen LogP contribution in [0.3, 0.4) is 0 Å². The largest absolute Gasteiger partial charge is 0.0850 e. The summed E-state index contributed by atoms with van der Waals surface area (Å²) in [7, 11) is 0. The van der Waals surface area contributed by atoms with Gasteiger partial charge in [0.1, 0.15) is 0 Å². The van der Waals surface area contributed by atoms with Gasteiger partial charge in [-0.2, -0.15) is 0 Å². The molecule has 0 amide bonds. The second-order valence-electron chi connectivity index (χ2n) is 3.51. The van der Waals surface area contributed by atoms with E-state index >= 15 is 0 Å². The highest BCUT2D eigenvalue weighted by atomic mass is 14.2. The van der Waals surface area contributed by atoms with Crippen LogP contribution in [0.15, 0.2) is 11.6 Å². The van der Waals surface area contributed by atoms with Crippen molar-refractivity contribution in [1.82, 2.24) is 0 Å².